The fraction of sp³-hybridized carbons (Fsp3) is 0.300. The van der Waals surface area contributed by atoms with E-state index in [9.17, 15) is 4.79 Å². The van der Waals surface area contributed by atoms with Gasteiger partial charge in [0, 0.05) is 24.8 Å². The van der Waals surface area contributed by atoms with Gasteiger partial charge in [-0.1, -0.05) is 41.7 Å². The Hall–Kier alpha value is -2.60. The van der Waals surface area contributed by atoms with Crippen LogP contribution < -0.4 is 15.5 Å². The first kappa shape index (κ1) is 16.8. The number of aromatic nitrogens is 1. The lowest BCUT2D eigenvalue weighted by Gasteiger charge is -2.32. The van der Waals surface area contributed by atoms with E-state index < -0.39 is 0 Å². The molecule has 1 fully saturated rings. The highest BCUT2D eigenvalue weighted by Crippen LogP contribution is 2.30. The second-order valence-corrected chi connectivity index (χ2v) is 7.65. The molecule has 0 unspecified atom stereocenters. The number of hydrogen-bond acceptors (Lipinski definition) is 4. The van der Waals surface area contributed by atoms with E-state index in [-0.39, 0.29) is 12.1 Å². The fourth-order valence-corrected chi connectivity index (χ4v) is 4.28. The average Bonchev–Trinajstić information content (AvgIpc) is 3.08. The Morgan fingerprint density at radius 2 is 1.85 bits per heavy atom. The zero-order valence-electron chi connectivity index (χ0n) is 14.7. The molecule has 2 N–H and O–H groups in total. The Kier molecular flexibility index (Phi) is 4.75. The van der Waals surface area contributed by atoms with Crippen LogP contribution in [-0.4, -0.2) is 30.1 Å². The molecule has 5 nitrogen and oxygen atoms in total. The molecular weight excluding hydrogens is 344 g/mol. The van der Waals surface area contributed by atoms with Gasteiger partial charge in [-0.05, 0) is 43.5 Å². The number of hydrogen-bond donors (Lipinski definition) is 2. The van der Waals surface area contributed by atoms with Crippen molar-refractivity contribution in [1.29, 1.82) is 0 Å². The number of aryl methyl sites for hydroxylation is 1. The van der Waals surface area contributed by atoms with E-state index in [1.54, 1.807) is 11.3 Å². The largest absolute Gasteiger partial charge is 0.348 e. The van der Waals surface area contributed by atoms with Gasteiger partial charge in [-0.2, -0.15) is 0 Å². The van der Waals surface area contributed by atoms with E-state index in [0.717, 1.165) is 47.8 Å². The summed E-state index contributed by atoms with van der Waals surface area (Å²) in [7, 11) is 0. The molecule has 0 saturated carbocycles. The molecule has 2 heterocycles. The number of piperidine rings is 1. The third-order valence-electron chi connectivity index (χ3n) is 4.78. The minimum atomic E-state index is -0.127. The summed E-state index contributed by atoms with van der Waals surface area (Å²) in [5.41, 5.74) is 2.98. The van der Waals surface area contributed by atoms with E-state index in [1.807, 2.05) is 43.3 Å². The van der Waals surface area contributed by atoms with Crippen molar-refractivity contribution in [2.24, 2.45) is 0 Å². The summed E-state index contributed by atoms with van der Waals surface area (Å²) >= 11 is 1.74. The van der Waals surface area contributed by atoms with Crippen LogP contribution in [-0.2, 0) is 0 Å². The van der Waals surface area contributed by atoms with E-state index in [1.165, 1.54) is 4.70 Å². The summed E-state index contributed by atoms with van der Waals surface area (Å²) in [6.07, 6.45) is 1.86. The number of urea groups is 1. The molecule has 1 aromatic heterocycles. The predicted octanol–water partition coefficient (Wildman–Crippen LogP) is 4.40. The van der Waals surface area contributed by atoms with Gasteiger partial charge in [-0.3, -0.25) is 0 Å². The zero-order valence-corrected chi connectivity index (χ0v) is 15.6. The number of rotatable bonds is 3. The molecule has 4 rings (SSSR count). The van der Waals surface area contributed by atoms with Crippen LogP contribution in [0.25, 0.3) is 10.2 Å². The summed E-state index contributed by atoms with van der Waals surface area (Å²) in [5, 5.41) is 7.12. The highest BCUT2D eigenvalue weighted by Gasteiger charge is 2.22. The Morgan fingerprint density at radius 3 is 2.62 bits per heavy atom. The summed E-state index contributed by atoms with van der Waals surface area (Å²) in [6.45, 7) is 3.82. The van der Waals surface area contributed by atoms with Gasteiger partial charge in [0.2, 0.25) is 0 Å². The molecule has 0 spiro atoms. The Bertz CT molecular complexity index is 882. The Balaban J connectivity index is 1.32. The molecule has 26 heavy (non-hydrogen) atoms. The third-order valence-corrected chi connectivity index (χ3v) is 5.87. The normalized spacial score (nSPS) is 15.2. The molecule has 1 aliphatic rings. The molecule has 134 valence electrons. The van der Waals surface area contributed by atoms with Crippen LogP contribution in [0.5, 0.6) is 0 Å². The smallest absolute Gasteiger partial charge is 0.319 e. The molecule has 0 aliphatic carbocycles. The lowest BCUT2D eigenvalue weighted by molar-refractivity contribution is 0.246. The molecule has 0 atom stereocenters. The van der Waals surface area contributed by atoms with Crippen LogP contribution in [0.4, 0.5) is 15.6 Å². The van der Waals surface area contributed by atoms with Crippen molar-refractivity contribution >= 4 is 38.4 Å². The molecule has 1 saturated heterocycles. The first-order chi connectivity index (χ1) is 12.7. The van der Waals surface area contributed by atoms with Gasteiger partial charge in [0.05, 0.1) is 10.2 Å². The van der Waals surface area contributed by atoms with Crippen molar-refractivity contribution in [1.82, 2.24) is 10.3 Å². The number of carbonyl (C=O) groups excluding carboxylic acids is 1. The number of para-hydroxylation sites is 2. The maximum Gasteiger partial charge on any atom is 0.319 e. The van der Waals surface area contributed by atoms with Crippen LogP contribution in [0.2, 0.25) is 0 Å². The van der Waals surface area contributed by atoms with Crippen molar-refractivity contribution in [2.45, 2.75) is 25.8 Å². The van der Waals surface area contributed by atoms with E-state index in [4.69, 9.17) is 4.98 Å². The second kappa shape index (κ2) is 7.33. The molecule has 2 aromatic carbocycles. The monoisotopic (exact) mass is 366 g/mol. The molecule has 6 heteroatoms. The van der Waals surface area contributed by atoms with E-state index in [2.05, 4.69) is 27.7 Å². The molecule has 0 bridgehead atoms. The molecule has 3 aromatic rings. The van der Waals surface area contributed by atoms with Gasteiger partial charge in [0.15, 0.2) is 5.13 Å². The van der Waals surface area contributed by atoms with E-state index in [0.29, 0.717) is 0 Å². The minimum Gasteiger partial charge on any atom is -0.348 e. The topological polar surface area (TPSA) is 57.3 Å². The highest BCUT2D eigenvalue weighted by atomic mass is 32.1. The van der Waals surface area contributed by atoms with Gasteiger partial charge >= 0.3 is 6.03 Å². The van der Waals surface area contributed by atoms with Crippen LogP contribution in [0.1, 0.15) is 18.4 Å². The first-order valence-electron chi connectivity index (χ1n) is 8.93. The van der Waals surface area contributed by atoms with Crippen LogP contribution in [0.3, 0.4) is 0 Å². The summed E-state index contributed by atoms with van der Waals surface area (Å²) < 4.78 is 1.22. The Morgan fingerprint density at radius 1 is 1.12 bits per heavy atom. The average molecular weight is 366 g/mol. The summed E-state index contributed by atoms with van der Waals surface area (Å²) in [6, 6.07) is 16.1. The molecule has 2 amide bonds. The van der Waals surface area contributed by atoms with Crippen molar-refractivity contribution < 1.29 is 4.79 Å². The second-order valence-electron chi connectivity index (χ2n) is 6.64. The van der Waals surface area contributed by atoms with Gasteiger partial charge < -0.3 is 15.5 Å². The minimum absolute atomic E-state index is 0.127. The van der Waals surface area contributed by atoms with Crippen LogP contribution in [0.15, 0.2) is 48.5 Å². The molecule has 1 aliphatic heterocycles. The highest BCUT2D eigenvalue weighted by molar-refractivity contribution is 7.22. The maximum absolute atomic E-state index is 12.3. The van der Waals surface area contributed by atoms with Gasteiger partial charge in [0.25, 0.3) is 0 Å². The maximum atomic E-state index is 12.3. The number of nitrogens with one attached hydrogen (secondary N) is 2. The first-order valence-corrected chi connectivity index (χ1v) is 9.74. The number of amides is 2. The number of carbonyl (C=O) groups is 1. The van der Waals surface area contributed by atoms with Gasteiger partial charge in [0.1, 0.15) is 0 Å². The number of thiazole rings is 1. The van der Waals surface area contributed by atoms with E-state index >= 15 is 0 Å². The number of benzene rings is 2. The fourth-order valence-electron chi connectivity index (χ4n) is 3.27. The zero-order chi connectivity index (χ0) is 17.9. The van der Waals surface area contributed by atoms with Crippen molar-refractivity contribution in [2.75, 3.05) is 23.3 Å². The quantitative estimate of drug-likeness (QED) is 0.722. The SMILES string of the molecule is Cc1ccccc1NC(=O)NC1CCN(c2nc3ccccc3s2)CC1. The lowest BCUT2D eigenvalue weighted by Crippen LogP contribution is -2.46. The summed E-state index contributed by atoms with van der Waals surface area (Å²) in [5.74, 6) is 0. The van der Waals surface area contributed by atoms with Crippen molar-refractivity contribution in [3.05, 3.63) is 54.1 Å². The van der Waals surface area contributed by atoms with Crippen molar-refractivity contribution in [3.63, 3.8) is 0 Å². The van der Waals surface area contributed by atoms with Crippen LogP contribution >= 0.6 is 11.3 Å². The number of nitrogens with zero attached hydrogens (tertiary/aromatic N) is 2. The van der Waals surface area contributed by atoms with Gasteiger partial charge in [-0.15, -0.1) is 0 Å². The predicted molar refractivity (Wildman–Crippen MR) is 108 cm³/mol. The van der Waals surface area contributed by atoms with Gasteiger partial charge in [-0.25, -0.2) is 9.78 Å². The third kappa shape index (κ3) is 3.65. The Labute approximate surface area is 157 Å². The summed E-state index contributed by atoms with van der Waals surface area (Å²) in [4.78, 5) is 19.3. The molecular formula is C20H22N4OS. The molecule has 0 radical (unpaired) electrons. The number of anilines is 2. The van der Waals surface area contributed by atoms with Crippen molar-refractivity contribution in [3.8, 4) is 0 Å². The van der Waals surface area contributed by atoms with Crippen LogP contribution in [0, 0.1) is 6.92 Å². The number of fused-ring (bicyclic) bond motifs is 1. The standard InChI is InChI=1S/C20H22N4OS/c1-14-6-2-3-7-16(14)22-19(25)21-15-10-12-24(13-11-15)20-23-17-8-4-5-9-18(17)26-20/h2-9,15H,10-13H2,1H3,(H2,21,22,25). The lowest BCUT2D eigenvalue weighted by atomic mass is 10.1.